The molecular weight excluding hydrogens is 472 g/mol. The predicted molar refractivity (Wildman–Crippen MR) is 175 cm³/mol. The molecule has 3 aromatic carbocycles. The van der Waals surface area contributed by atoms with Gasteiger partial charge >= 0.3 is 0 Å². The maximum atomic E-state index is 5.08. The van der Waals surface area contributed by atoms with Gasteiger partial charge in [0.2, 0.25) is 0 Å². The largest absolute Gasteiger partial charge is 0.497 e. The van der Waals surface area contributed by atoms with Gasteiger partial charge in [-0.15, -0.1) is 0 Å². The Balaban J connectivity index is 0.000000293. The predicted octanol–water partition coefficient (Wildman–Crippen LogP) is 11.2. The minimum Gasteiger partial charge on any atom is -0.497 e. The van der Waals surface area contributed by atoms with Gasteiger partial charge in [0, 0.05) is 0 Å². The lowest BCUT2D eigenvalue weighted by atomic mass is 9.82. The summed E-state index contributed by atoms with van der Waals surface area (Å²) in [6.07, 6.45) is 2.43. The number of rotatable bonds is 3. The van der Waals surface area contributed by atoms with Crippen molar-refractivity contribution in [2.75, 3.05) is 7.11 Å². The van der Waals surface area contributed by atoms with Crippen molar-refractivity contribution in [3.05, 3.63) is 101 Å². The van der Waals surface area contributed by atoms with Gasteiger partial charge < -0.3 is 4.74 Å². The third-order valence-electron chi connectivity index (χ3n) is 6.93. The molecule has 0 saturated heterocycles. The van der Waals surface area contributed by atoms with E-state index in [1.54, 1.807) is 7.11 Å². The summed E-state index contributed by atoms with van der Waals surface area (Å²) < 4.78 is 5.08. The molecular formula is C38H58O. The van der Waals surface area contributed by atoms with Crippen molar-refractivity contribution in [3.63, 3.8) is 0 Å². The van der Waals surface area contributed by atoms with Gasteiger partial charge in [-0.3, -0.25) is 0 Å². The molecule has 0 aliphatic carbocycles. The number of hydrogen-bond donors (Lipinski definition) is 0. The van der Waals surface area contributed by atoms with Gasteiger partial charge in [-0.05, 0) is 68.0 Å². The Kier molecular flexibility index (Phi) is 12.6. The molecule has 39 heavy (non-hydrogen) atoms. The molecule has 0 atom stereocenters. The van der Waals surface area contributed by atoms with Crippen molar-refractivity contribution in [1.29, 1.82) is 0 Å². The normalized spacial score (nSPS) is 12.1. The van der Waals surface area contributed by atoms with Gasteiger partial charge in [-0.25, -0.2) is 0 Å². The van der Waals surface area contributed by atoms with Crippen LogP contribution in [0.4, 0.5) is 0 Å². The van der Waals surface area contributed by atoms with Crippen molar-refractivity contribution in [2.45, 2.75) is 125 Å². The first-order valence-electron chi connectivity index (χ1n) is 14.6. The lowest BCUT2D eigenvalue weighted by molar-refractivity contribution is 0.414. The molecule has 0 aliphatic heterocycles. The number of aryl methyl sites for hydroxylation is 1. The highest BCUT2D eigenvalue weighted by atomic mass is 16.5. The molecule has 0 N–H and O–H groups in total. The summed E-state index contributed by atoms with van der Waals surface area (Å²) in [5.74, 6) is 0.919. The van der Waals surface area contributed by atoms with E-state index in [9.17, 15) is 0 Å². The van der Waals surface area contributed by atoms with Crippen LogP contribution >= 0.6 is 0 Å². The minimum absolute atomic E-state index is 0.228. The number of hydrogen-bond acceptors (Lipinski definition) is 1. The minimum atomic E-state index is 0.228. The Labute approximate surface area is 242 Å². The van der Waals surface area contributed by atoms with Crippen LogP contribution in [0.2, 0.25) is 0 Å². The average Bonchev–Trinajstić information content (AvgIpc) is 2.83. The average molecular weight is 531 g/mol. The highest BCUT2D eigenvalue weighted by Crippen LogP contribution is 2.27. The van der Waals surface area contributed by atoms with E-state index in [4.69, 9.17) is 4.74 Å². The third-order valence-corrected chi connectivity index (χ3v) is 6.93. The van der Waals surface area contributed by atoms with Crippen molar-refractivity contribution >= 4 is 0 Å². The topological polar surface area (TPSA) is 9.23 Å². The van der Waals surface area contributed by atoms with Gasteiger partial charge in [0.25, 0.3) is 0 Å². The number of ether oxygens (including phenoxy) is 1. The molecule has 0 aliphatic rings. The molecule has 0 fully saturated rings. The van der Waals surface area contributed by atoms with Crippen LogP contribution in [0.5, 0.6) is 5.75 Å². The molecule has 0 spiro atoms. The Morgan fingerprint density at radius 2 is 0.692 bits per heavy atom. The van der Waals surface area contributed by atoms with Gasteiger partial charge in [0.05, 0.1) is 7.11 Å². The van der Waals surface area contributed by atoms with Crippen LogP contribution in [-0.4, -0.2) is 7.11 Å². The first kappa shape index (κ1) is 34.5. The lowest BCUT2D eigenvalue weighted by Crippen LogP contribution is -2.14. The summed E-state index contributed by atoms with van der Waals surface area (Å²) in [4.78, 5) is 0. The second-order valence-corrected chi connectivity index (χ2v) is 14.8. The third kappa shape index (κ3) is 12.5. The van der Waals surface area contributed by atoms with E-state index in [1.807, 2.05) is 12.1 Å². The first-order valence-corrected chi connectivity index (χ1v) is 14.6. The van der Waals surface area contributed by atoms with E-state index < -0.39 is 0 Å². The van der Waals surface area contributed by atoms with E-state index in [-0.39, 0.29) is 21.7 Å². The summed E-state index contributed by atoms with van der Waals surface area (Å²) in [5, 5.41) is 0. The molecule has 0 saturated carbocycles. The van der Waals surface area contributed by atoms with Crippen molar-refractivity contribution in [3.8, 4) is 5.75 Å². The van der Waals surface area contributed by atoms with Gasteiger partial charge in [0.1, 0.15) is 5.75 Å². The SMILES string of the molecule is CC(C)(C)c1ccc(C(C)(C)C)cc1.CCCc1ccc(C(C)(C)C)cc1.COc1ccc(C(C)(C)C)cc1. The molecule has 3 rings (SSSR count). The Morgan fingerprint density at radius 1 is 0.436 bits per heavy atom. The standard InChI is InChI=1S/C14H22.C13H20.C11H16O/c1-13(2,3)11-7-9-12(10-8-11)14(4,5)6;1-5-6-11-7-9-12(10-8-11)13(2,3)4;1-11(2,3)9-5-7-10(12-4)8-6-9/h7-10H,1-6H3;7-10H,5-6H2,1-4H3;5-8H,1-4H3. The van der Waals surface area contributed by atoms with Crippen molar-refractivity contribution in [1.82, 2.24) is 0 Å². The zero-order chi connectivity index (χ0) is 30.1. The molecule has 0 aromatic heterocycles. The van der Waals surface area contributed by atoms with Crippen LogP contribution in [0.1, 0.15) is 124 Å². The molecule has 0 heterocycles. The van der Waals surface area contributed by atoms with E-state index in [0.29, 0.717) is 0 Å². The van der Waals surface area contributed by atoms with Crippen molar-refractivity contribution < 1.29 is 4.74 Å². The van der Waals surface area contributed by atoms with E-state index in [1.165, 1.54) is 40.7 Å². The van der Waals surface area contributed by atoms with E-state index in [2.05, 4.69) is 151 Å². The smallest absolute Gasteiger partial charge is 0.118 e. The maximum absolute atomic E-state index is 5.08. The van der Waals surface area contributed by atoms with Crippen LogP contribution in [0.15, 0.2) is 72.8 Å². The van der Waals surface area contributed by atoms with Crippen LogP contribution in [-0.2, 0) is 28.1 Å². The molecule has 0 amide bonds. The second kappa shape index (κ2) is 14.2. The number of benzene rings is 3. The van der Waals surface area contributed by atoms with Gasteiger partial charge in [-0.1, -0.05) is 157 Å². The summed E-state index contributed by atoms with van der Waals surface area (Å²) in [6, 6.07) is 26.2. The molecule has 0 radical (unpaired) electrons. The van der Waals surface area contributed by atoms with Crippen LogP contribution in [0, 0.1) is 0 Å². The summed E-state index contributed by atoms with van der Waals surface area (Å²) in [5.41, 5.74) is 8.06. The van der Waals surface area contributed by atoms with Crippen LogP contribution in [0.3, 0.4) is 0 Å². The maximum Gasteiger partial charge on any atom is 0.118 e. The fourth-order valence-electron chi connectivity index (χ4n) is 4.02. The quantitative estimate of drug-likeness (QED) is 0.327. The van der Waals surface area contributed by atoms with E-state index in [0.717, 1.165) is 5.75 Å². The van der Waals surface area contributed by atoms with Crippen LogP contribution < -0.4 is 4.74 Å². The zero-order valence-corrected chi connectivity index (χ0v) is 27.8. The Morgan fingerprint density at radius 3 is 0.923 bits per heavy atom. The number of methoxy groups -OCH3 is 1. The van der Waals surface area contributed by atoms with Crippen LogP contribution in [0.25, 0.3) is 0 Å². The van der Waals surface area contributed by atoms with Gasteiger partial charge in [-0.2, -0.15) is 0 Å². The molecule has 216 valence electrons. The monoisotopic (exact) mass is 530 g/mol. The summed E-state index contributed by atoms with van der Waals surface area (Å²) in [6.45, 7) is 29.1. The Hall–Kier alpha value is -2.54. The summed E-state index contributed by atoms with van der Waals surface area (Å²) >= 11 is 0. The fraction of sp³-hybridized carbons (Fsp3) is 0.526. The molecule has 3 aromatic rings. The highest BCUT2D eigenvalue weighted by Gasteiger charge is 2.17. The summed E-state index contributed by atoms with van der Waals surface area (Å²) in [7, 11) is 1.69. The molecule has 1 nitrogen and oxygen atoms in total. The zero-order valence-electron chi connectivity index (χ0n) is 27.8. The second-order valence-electron chi connectivity index (χ2n) is 14.8. The Bertz CT molecular complexity index is 1040. The van der Waals surface area contributed by atoms with Crippen molar-refractivity contribution in [2.24, 2.45) is 0 Å². The van der Waals surface area contributed by atoms with Gasteiger partial charge in [0.15, 0.2) is 0 Å². The fourth-order valence-corrected chi connectivity index (χ4v) is 4.02. The highest BCUT2D eigenvalue weighted by molar-refractivity contribution is 5.32. The molecule has 0 bridgehead atoms. The van der Waals surface area contributed by atoms with E-state index >= 15 is 0 Å². The first-order chi connectivity index (χ1) is 17.8. The lowest BCUT2D eigenvalue weighted by Gasteiger charge is -2.23. The molecule has 0 unspecified atom stereocenters. The molecule has 1 heteroatoms.